The summed E-state index contributed by atoms with van der Waals surface area (Å²) in [5, 5.41) is 3.78. The average Bonchev–Trinajstić information content (AvgIpc) is 3.36. The van der Waals surface area contributed by atoms with E-state index in [1.54, 1.807) is 29.2 Å². The number of benzene rings is 3. The van der Waals surface area contributed by atoms with Gasteiger partial charge in [-0.3, -0.25) is 14.5 Å². The van der Waals surface area contributed by atoms with Gasteiger partial charge in [-0.25, -0.2) is 4.98 Å². The van der Waals surface area contributed by atoms with Gasteiger partial charge in [0.1, 0.15) is 5.82 Å². The fourth-order valence-electron chi connectivity index (χ4n) is 5.13. The Morgan fingerprint density at radius 2 is 1.67 bits per heavy atom. The lowest BCUT2D eigenvalue weighted by Gasteiger charge is -2.24. The molecule has 39 heavy (non-hydrogen) atoms. The normalized spacial score (nSPS) is 12.7. The summed E-state index contributed by atoms with van der Waals surface area (Å²) in [7, 11) is 0. The third-order valence-corrected chi connectivity index (χ3v) is 7.36. The number of unbranched alkanes of at least 4 members (excludes halogenated alkanes) is 1. The highest BCUT2D eigenvalue weighted by molar-refractivity contribution is 6.31. The van der Waals surface area contributed by atoms with Gasteiger partial charge >= 0.3 is 0 Å². The van der Waals surface area contributed by atoms with Crippen molar-refractivity contribution in [3.63, 3.8) is 0 Å². The molecule has 0 saturated carbocycles. The number of amides is 2. The van der Waals surface area contributed by atoms with Crippen LogP contribution < -0.4 is 10.2 Å². The molecule has 3 aromatic carbocycles. The van der Waals surface area contributed by atoms with Crippen LogP contribution in [0.3, 0.4) is 0 Å². The molecule has 4 aromatic rings. The van der Waals surface area contributed by atoms with Crippen LogP contribution in [-0.2, 0) is 13.0 Å². The predicted octanol–water partition coefficient (Wildman–Crippen LogP) is 6.84. The molecule has 6 nitrogen and oxygen atoms in total. The van der Waals surface area contributed by atoms with E-state index in [0.717, 1.165) is 49.1 Å². The molecule has 1 aliphatic heterocycles. The Balaban J connectivity index is 1.57. The number of carbonyl (C=O) groups excluding carboxylic acids is 2. The van der Waals surface area contributed by atoms with E-state index < -0.39 is 0 Å². The average molecular weight is 541 g/mol. The van der Waals surface area contributed by atoms with Gasteiger partial charge < -0.3 is 9.88 Å². The molecule has 0 radical (unpaired) electrons. The highest BCUT2D eigenvalue weighted by Crippen LogP contribution is 2.30. The molecular weight excluding hydrogens is 508 g/mol. The SMILES string of the molecule is CCCCN(C(=O)c1cccc(Cl)c1)c1nc2n(c1C(=O)NC(c1ccccc1)c1ccccc1)CCCC2. The van der Waals surface area contributed by atoms with Crippen molar-refractivity contribution >= 4 is 29.2 Å². The van der Waals surface area contributed by atoms with Gasteiger partial charge in [0.2, 0.25) is 0 Å². The van der Waals surface area contributed by atoms with Gasteiger partial charge in [0.25, 0.3) is 11.8 Å². The monoisotopic (exact) mass is 540 g/mol. The summed E-state index contributed by atoms with van der Waals surface area (Å²) in [5.41, 5.74) is 2.88. The Kier molecular flexibility index (Phi) is 8.42. The molecule has 0 bridgehead atoms. The number of nitrogens with one attached hydrogen (secondary N) is 1. The van der Waals surface area contributed by atoms with Gasteiger partial charge in [0.15, 0.2) is 11.5 Å². The number of carbonyl (C=O) groups is 2. The second-order valence-corrected chi connectivity index (χ2v) is 10.3. The van der Waals surface area contributed by atoms with Crippen molar-refractivity contribution in [2.45, 2.75) is 51.6 Å². The van der Waals surface area contributed by atoms with Crippen molar-refractivity contribution in [3.8, 4) is 0 Å². The van der Waals surface area contributed by atoms with E-state index in [2.05, 4.69) is 12.2 Å². The van der Waals surface area contributed by atoms with Crippen LogP contribution in [0.25, 0.3) is 0 Å². The summed E-state index contributed by atoms with van der Waals surface area (Å²) in [5.74, 6) is 0.808. The molecule has 2 heterocycles. The highest BCUT2D eigenvalue weighted by Gasteiger charge is 2.32. The fraction of sp³-hybridized carbons (Fsp3) is 0.281. The van der Waals surface area contributed by atoms with E-state index in [1.165, 1.54) is 0 Å². The van der Waals surface area contributed by atoms with Gasteiger partial charge in [-0.05, 0) is 48.6 Å². The molecule has 1 N–H and O–H groups in total. The summed E-state index contributed by atoms with van der Waals surface area (Å²) in [4.78, 5) is 34.6. The second kappa shape index (κ2) is 12.3. The lowest BCUT2D eigenvalue weighted by Crippen LogP contribution is -2.36. The first kappa shape index (κ1) is 26.7. The Bertz CT molecular complexity index is 1400. The third-order valence-electron chi connectivity index (χ3n) is 7.12. The van der Waals surface area contributed by atoms with Gasteiger partial charge in [0, 0.05) is 30.1 Å². The zero-order chi connectivity index (χ0) is 27.2. The number of anilines is 1. The summed E-state index contributed by atoms with van der Waals surface area (Å²) in [6, 6.07) is 26.5. The van der Waals surface area contributed by atoms with Crippen molar-refractivity contribution in [1.82, 2.24) is 14.9 Å². The standard InChI is InChI=1S/C32H33ClN4O2/c1-2-3-20-37(32(39)25-17-12-18-26(33)22-25)30-29(36-21-11-10-19-27(36)34-30)31(38)35-28(23-13-6-4-7-14-23)24-15-8-5-9-16-24/h4-9,12-18,22,28H,2-3,10-11,19-21H2,1H3,(H,35,38). The van der Waals surface area contributed by atoms with Crippen LogP contribution in [0.4, 0.5) is 5.82 Å². The molecule has 0 unspecified atom stereocenters. The minimum Gasteiger partial charge on any atom is -0.340 e. The largest absolute Gasteiger partial charge is 0.340 e. The molecule has 0 fully saturated rings. The van der Waals surface area contributed by atoms with Crippen LogP contribution in [0, 0.1) is 0 Å². The first-order valence-electron chi connectivity index (χ1n) is 13.6. The van der Waals surface area contributed by atoms with Gasteiger partial charge in [-0.1, -0.05) is 91.7 Å². The van der Waals surface area contributed by atoms with Crippen molar-refractivity contribution in [1.29, 1.82) is 0 Å². The smallest absolute Gasteiger partial charge is 0.272 e. The van der Waals surface area contributed by atoms with Gasteiger partial charge in [-0.15, -0.1) is 0 Å². The number of aromatic nitrogens is 2. The fourth-order valence-corrected chi connectivity index (χ4v) is 5.32. The van der Waals surface area contributed by atoms with E-state index >= 15 is 0 Å². The molecule has 0 atom stereocenters. The number of rotatable bonds is 9. The Hall–Kier alpha value is -3.90. The van der Waals surface area contributed by atoms with E-state index in [1.807, 2.05) is 65.2 Å². The minimum absolute atomic E-state index is 0.210. The van der Waals surface area contributed by atoms with Crippen molar-refractivity contribution in [2.24, 2.45) is 0 Å². The third kappa shape index (κ3) is 5.91. The topological polar surface area (TPSA) is 67.2 Å². The van der Waals surface area contributed by atoms with Crippen molar-refractivity contribution < 1.29 is 9.59 Å². The van der Waals surface area contributed by atoms with Crippen molar-refractivity contribution in [2.75, 3.05) is 11.4 Å². The van der Waals surface area contributed by atoms with E-state index in [-0.39, 0.29) is 17.9 Å². The first-order valence-corrected chi connectivity index (χ1v) is 14.0. The van der Waals surface area contributed by atoms with Crippen LogP contribution in [-0.4, -0.2) is 27.9 Å². The number of imidazole rings is 1. The summed E-state index contributed by atoms with van der Waals surface area (Å²) in [6.07, 6.45) is 4.42. The van der Waals surface area contributed by atoms with Crippen LogP contribution >= 0.6 is 11.6 Å². The van der Waals surface area contributed by atoms with Crippen molar-refractivity contribution in [3.05, 3.63) is 118 Å². The molecule has 0 spiro atoms. The molecule has 0 saturated heterocycles. The number of hydrogen-bond acceptors (Lipinski definition) is 3. The molecule has 5 rings (SSSR count). The van der Waals surface area contributed by atoms with Crippen LogP contribution in [0.15, 0.2) is 84.9 Å². The zero-order valence-electron chi connectivity index (χ0n) is 22.1. The first-order chi connectivity index (χ1) is 19.1. The second-order valence-electron chi connectivity index (χ2n) is 9.86. The van der Waals surface area contributed by atoms with Crippen LogP contribution in [0.2, 0.25) is 5.02 Å². The lowest BCUT2D eigenvalue weighted by atomic mass is 9.98. The zero-order valence-corrected chi connectivity index (χ0v) is 22.9. The Morgan fingerprint density at radius 1 is 0.974 bits per heavy atom. The predicted molar refractivity (Wildman–Crippen MR) is 155 cm³/mol. The lowest BCUT2D eigenvalue weighted by molar-refractivity contribution is 0.0933. The molecular formula is C32H33ClN4O2. The molecule has 2 amide bonds. The molecule has 7 heteroatoms. The Labute approximate surface area is 234 Å². The number of hydrogen-bond donors (Lipinski definition) is 1. The maximum Gasteiger partial charge on any atom is 0.272 e. The Morgan fingerprint density at radius 3 is 2.31 bits per heavy atom. The minimum atomic E-state index is -0.352. The van der Waals surface area contributed by atoms with Gasteiger partial charge in [-0.2, -0.15) is 0 Å². The van der Waals surface area contributed by atoms with E-state index in [9.17, 15) is 9.59 Å². The summed E-state index contributed by atoms with van der Waals surface area (Å²) < 4.78 is 2.01. The maximum absolute atomic E-state index is 14.2. The summed E-state index contributed by atoms with van der Waals surface area (Å²) >= 11 is 6.23. The van der Waals surface area contributed by atoms with Crippen LogP contribution in [0.5, 0.6) is 0 Å². The number of aryl methyl sites for hydroxylation is 1. The number of fused-ring (bicyclic) bond motifs is 1. The molecule has 0 aliphatic carbocycles. The quantitative estimate of drug-likeness (QED) is 0.253. The summed E-state index contributed by atoms with van der Waals surface area (Å²) in [6.45, 7) is 3.23. The number of halogens is 1. The molecule has 200 valence electrons. The molecule has 1 aliphatic rings. The van der Waals surface area contributed by atoms with Gasteiger partial charge in [0.05, 0.1) is 6.04 Å². The molecule has 1 aromatic heterocycles. The highest BCUT2D eigenvalue weighted by atomic mass is 35.5. The van der Waals surface area contributed by atoms with E-state index in [4.69, 9.17) is 16.6 Å². The maximum atomic E-state index is 14.2. The van der Waals surface area contributed by atoms with Crippen LogP contribution in [0.1, 0.15) is 76.4 Å². The number of nitrogens with zero attached hydrogens (tertiary/aromatic N) is 3. The van der Waals surface area contributed by atoms with E-state index in [0.29, 0.717) is 35.2 Å².